The molecule has 2 aromatic carbocycles. The summed E-state index contributed by atoms with van der Waals surface area (Å²) >= 11 is 0. The van der Waals surface area contributed by atoms with Crippen LogP contribution in [0.15, 0.2) is 54.6 Å². The lowest BCUT2D eigenvalue weighted by molar-refractivity contribution is -0.384. The summed E-state index contributed by atoms with van der Waals surface area (Å²) < 4.78 is 5.29. The van der Waals surface area contributed by atoms with Crippen LogP contribution in [0, 0.1) is 16.0 Å². The van der Waals surface area contributed by atoms with Crippen molar-refractivity contribution in [3.63, 3.8) is 0 Å². The molecule has 136 valence electrons. The minimum Gasteiger partial charge on any atom is -0.466 e. The van der Waals surface area contributed by atoms with E-state index in [-0.39, 0.29) is 18.3 Å². The van der Waals surface area contributed by atoms with Crippen molar-refractivity contribution in [2.24, 2.45) is 5.92 Å². The monoisotopic (exact) mass is 356 g/mol. The van der Waals surface area contributed by atoms with E-state index in [0.717, 1.165) is 11.1 Å². The summed E-state index contributed by atoms with van der Waals surface area (Å²) in [7, 11) is 1.75. The van der Waals surface area contributed by atoms with Crippen LogP contribution in [0.3, 0.4) is 0 Å². The number of hydrogen-bond donors (Lipinski definition) is 0. The van der Waals surface area contributed by atoms with Crippen LogP contribution in [0.1, 0.15) is 30.2 Å². The summed E-state index contributed by atoms with van der Waals surface area (Å²) in [6.45, 7) is 2.03. The Bertz CT molecular complexity index is 778. The van der Waals surface area contributed by atoms with Gasteiger partial charge in [-0.25, -0.2) is 0 Å². The van der Waals surface area contributed by atoms with E-state index in [1.54, 1.807) is 31.2 Å². The van der Waals surface area contributed by atoms with Crippen molar-refractivity contribution in [2.45, 2.75) is 19.1 Å². The van der Waals surface area contributed by atoms with E-state index in [0.29, 0.717) is 0 Å². The maximum Gasteiger partial charge on any atom is 0.314 e. The Morgan fingerprint density at radius 3 is 2.38 bits per heavy atom. The molecule has 3 atom stereocenters. The number of benzene rings is 2. The first-order valence-electron chi connectivity index (χ1n) is 8.38. The fourth-order valence-electron chi connectivity index (χ4n) is 3.31. The number of hydrogen-bond acceptors (Lipinski definition) is 6. The Hall–Kier alpha value is -2.77. The number of nitro benzene ring substituents is 1. The zero-order chi connectivity index (χ0) is 18.7. The van der Waals surface area contributed by atoms with Gasteiger partial charge in [-0.2, -0.15) is 5.06 Å². The molecule has 0 bridgehead atoms. The standard InChI is InChI=1S/C19H20N2O5/c1-3-25-19(22)16-17(13-9-11-15(12-10-13)21(23)24)20(2)26-18(16)14-7-5-4-6-8-14/h4-12,16-18H,3H2,1-2H3/t16-,17-,18+/m1/s1. The number of esters is 1. The van der Waals surface area contributed by atoms with Crippen molar-refractivity contribution in [3.05, 3.63) is 75.8 Å². The van der Waals surface area contributed by atoms with E-state index in [1.807, 2.05) is 30.3 Å². The minimum atomic E-state index is -0.580. The van der Waals surface area contributed by atoms with E-state index < -0.39 is 23.0 Å². The molecule has 0 spiro atoms. The van der Waals surface area contributed by atoms with Gasteiger partial charge in [-0.1, -0.05) is 42.5 Å². The molecular weight excluding hydrogens is 336 g/mol. The predicted molar refractivity (Wildman–Crippen MR) is 94.0 cm³/mol. The molecule has 7 nitrogen and oxygen atoms in total. The fourth-order valence-corrected chi connectivity index (χ4v) is 3.31. The van der Waals surface area contributed by atoms with Crippen LogP contribution in [-0.2, 0) is 14.4 Å². The second-order valence-corrected chi connectivity index (χ2v) is 6.05. The van der Waals surface area contributed by atoms with Crippen molar-refractivity contribution in [2.75, 3.05) is 13.7 Å². The van der Waals surface area contributed by atoms with E-state index in [2.05, 4.69) is 0 Å². The highest BCUT2D eigenvalue weighted by Gasteiger charge is 2.48. The SMILES string of the molecule is CCOC(=O)[C@@H]1[C@@H](c2ccc([N+](=O)[O-])cc2)N(C)O[C@H]1c1ccccc1. The maximum atomic E-state index is 12.7. The Morgan fingerprint density at radius 2 is 1.81 bits per heavy atom. The number of nitrogens with zero attached hydrogens (tertiary/aromatic N) is 2. The normalized spacial score (nSPS) is 22.9. The molecule has 0 aliphatic carbocycles. The topological polar surface area (TPSA) is 81.9 Å². The lowest BCUT2D eigenvalue weighted by atomic mass is 9.86. The largest absolute Gasteiger partial charge is 0.466 e. The highest BCUT2D eigenvalue weighted by atomic mass is 16.7. The summed E-state index contributed by atoms with van der Waals surface area (Å²) in [5.41, 5.74) is 1.64. The van der Waals surface area contributed by atoms with Gasteiger partial charge in [0.05, 0.1) is 17.6 Å². The van der Waals surface area contributed by atoms with Gasteiger partial charge >= 0.3 is 5.97 Å². The highest BCUT2D eigenvalue weighted by Crippen LogP contribution is 2.46. The summed E-state index contributed by atoms with van der Waals surface area (Å²) in [5.74, 6) is -0.933. The second kappa shape index (κ2) is 7.63. The first-order chi connectivity index (χ1) is 12.5. The minimum absolute atomic E-state index is 0.00242. The number of rotatable bonds is 5. The fraction of sp³-hybridized carbons (Fsp3) is 0.316. The van der Waals surface area contributed by atoms with Crippen molar-refractivity contribution >= 4 is 11.7 Å². The lowest BCUT2D eigenvalue weighted by Crippen LogP contribution is -2.28. The second-order valence-electron chi connectivity index (χ2n) is 6.05. The highest BCUT2D eigenvalue weighted by molar-refractivity contribution is 5.75. The molecule has 0 saturated carbocycles. The molecule has 0 N–H and O–H groups in total. The molecule has 7 heteroatoms. The van der Waals surface area contributed by atoms with E-state index >= 15 is 0 Å². The van der Waals surface area contributed by atoms with Crippen LogP contribution < -0.4 is 0 Å². The van der Waals surface area contributed by atoms with Crippen LogP contribution in [0.25, 0.3) is 0 Å². The number of carbonyl (C=O) groups is 1. The zero-order valence-corrected chi connectivity index (χ0v) is 14.6. The number of carbonyl (C=O) groups excluding carboxylic acids is 1. The zero-order valence-electron chi connectivity index (χ0n) is 14.6. The number of nitro groups is 1. The van der Waals surface area contributed by atoms with E-state index in [1.165, 1.54) is 12.1 Å². The van der Waals surface area contributed by atoms with Crippen LogP contribution >= 0.6 is 0 Å². The van der Waals surface area contributed by atoms with Crippen molar-refractivity contribution in [1.29, 1.82) is 0 Å². The van der Waals surface area contributed by atoms with Gasteiger partial charge < -0.3 is 4.74 Å². The van der Waals surface area contributed by atoms with E-state index in [9.17, 15) is 14.9 Å². The molecule has 0 unspecified atom stereocenters. The molecule has 3 rings (SSSR count). The van der Waals surface area contributed by atoms with Gasteiger partial charge in [0.15, 0.2) is 0 Å². The summed E-state index contributed by atoms with van der Waals surface area (Å²) in [5, 5.41) is 12.5. The predicted octanol–water partition coefficient (Wildman–Crippen LogP) is 3.43. The summed E-state index contributed by atoms with van der Waals surface area (Å²) in [6.07, 6.45) is -0.486. The quantitative estimate of drug-likeness (QED) is 0.464. The van der Waals surface area contributed by atoms with Gasteiger partial charge in [0.1, 0.15) is 12.0 Å². The molecule has 1 aliphatic heterocycles. The third kappa shape index (κ3) is 3.44. The first-order valence-corrected chi connectivity index (χ1v) is 8.38. The van der Waals surface area contributed by atoms with Gasteiger partial charge in [0.25, 0.3) is 5.69 Å². The third-order valence-electron chi connectivity index (χ3n) is 4.47. The first kappa shape index (κ1) is 18.0. The van der Waals surface area contributed by atoms with Gasteiger partial charge in [-0.3, -0.25) is 19.7 Å². The van der Waals surface area contributed by atoms with Crippen LogP contribution in [-0.4, -0.2) is 29.6 Å². The van der Waals surface area contributed by atoms with Crippen LogP contribution in [0.4, 0.5) is 5.69 Å². The lowest BCUT2D eigenvalue weighted by Gasteiger charge is -2.22. The van der Waals surface area contributed by atoms with Gasteiger partial charge in [0.2, 0.25) is 0 Å². The average molecular weight is 356 g/mol. The van der Waals surface area contributed by atoms with Crippen LogP contribution in [0.2, 0.25) is 0 Å². The molecule has 1 aliphatic rings. The summed E-state index contributed by atoms with van der Waals surface area (Å²) in [4.78, 5) is 29.1. The average Bonchev–Trinajstić information content (AvgIpc) is 3.00. The summed E-state index contributed by atoms with van der Waals surface area (Å²) in [6, 6.07) is 15.3. The molecule has 26 heavy (non-hydrogen) atoms. The molecule has 0 amide bonds. The van der Waals surface area contributed by atoms with Crippen molar-refractivity contribution in [3.8, 4) is 0 Å². The molecule has 0 radical (unpaired) electrons. The Labute approximate surface area is 151 Å². The third-order valence-corrected chi connectivity index (χ3v) is 4.47. The van der Waals surface area contributed by atoms with Crippen LogP contribution in [0.5, 0.6) is 0 Å². The molecule has 2 aromatic rings. The maximum absolute atomic E-state index is 12.7. The van der Waals surface area contributed by atoms with E-state index in [4.69, 9.17) is 9.57 Å². The van der Waals surface area contributed by atoms with Gasteiger partial charge in [-0.05, 0) is 18.1 Å². The Balaban J connectivity index is 1.98. The molecule has 1 heterocycles. The molecule has 0 aromatic heterocycles. The van der Waals surface area contributed by atoms with Crippen molar-refractivity contribution < 1.29 is 19.3 Å². The van der Waals surface area contributed by atoms with Gasteiger partial charge in [0, 0.05) is 19.2 Å². The molecule has 1 saturated heterocycles. The van der Waals surface area contributed by atoms with Gasteiger partial charge in [-0.15, -0.1) is 0 Å². The number of non-ortho nitro benzene ring substituents is 1. The number of ether oxygens (including phenoxy) is 1. The smallest absolute Gasteiger partial charge is 0.314 e. The number of hydroxylamine groups is 2. The Morgan fingerprint density at radius 1 is 1.15 bits per heavy atom. The molecule has 1 fully saturated rings. The molecular formula is C19H20N2O5. The van der Waals surface area contributed by atoms with Crippen molar-refractivity contribution in [1.82, 2.24) is 5.06 Å². The Kier molecular flexibility index (Phi) is 5.29.